The van der Waals surface area contributed by atoms with E-state index in [-0.39, 0.29) is 25.3 Å². The quantitative estimate of drug-likeness (QED) is 0.672. The monoisotopic (exact) mass is 388 g/mol. The summed E-state index contributed by atoms with van der Waals surface area (Å²) in [6.45, 7) is -0.139. The molecule has 27 heavy (non-hydrogen) atoms. The zero-order valence-corrected chi connectivity index (χ0v) is 15.3. The van der Waals surface area contributed by atoms with E-state index in [2.05, 4.69) is 15.5 Å². The topological polar surface area (TPSA) is 88.3 Å². The highest BCUT2D eigenvalue weighted by atomic mass is 32.1. The summed E-state index contributed by atoms with van der Waals surface area (Å²) in [6, 6.07) is 9.34. The van der Waals surface area contributed by atoms with Gasteiger partial charge in [0.25, 0.3) is 0 Å². The van der Waals surface area contributed by atoms with E-state index >= 15 is 0 Å². The van der Waals surface area contributed by atoms with Crippen LogP contribution in [0.1, 0.15) is 12.3 Å². The van der Waals surface area contributed by atoms with Crippen molar-refractivity contribution in [2.75, 3.05) is 18.9 Å². The van der Waals surface area contributed by atoms with E-state index in [1.165, 1.54) is 41.5 Å². The maximum absolute atomic E-state index is 13.1. The van der Waals surface area contributed by atoms with Crippen LogP contribution in [-0.4, -0.2) is 40.4 Å². The fourth-order valence-electron chi connectivity index (χ4n) is 2.34. The number of aryl methyl sites for hydroxylation is 1. The molecule has 0 saturated carbocycles. The largest absolute Gasteiger partial charge is 0.339 e. The lowest BCUT2D eigenvalue weighted by molar-refractivity contribution is -0.133. The fraction of sp³-hybridized carbons (Fsp3) is 0.222. The summed E-state index contributed by atoms with van der Waals surface area (Å²) < 4.78 is 18.3. The minimum atomic E-state index is -0.446. The summed E-state index contributed by atoms with van der Waals surface area (Å²) in [4.78, 5) is 30.6. The first-order chi connectivity index (χ1) is 13.0. The van der Waals surface area contributed by atoms with Crippen LogP contribution < -0.4 is 5.32 Å². The fourth-order valence-corrected chi connectivity index (χ4v) is 2.99. The van der Waals surface area contributed by atoms with E-state index in [9.17, 15) is 14.0 Å². The number of likely N-dealkylation sites (N-methyl/N-ethyl adjacent to an activating group) is 1. The molecule has 2 aromatic heterocycles. The molecule has 7 nitrogen and oxygen atoms in total. The predicted octanol–water partition coefficient (Wildman–Crippen LogP) is 2.97. The molecule has 3 aromatic rings. The van der Waals surface area contributed by atoms with Crippen molar-refractivity contribution in [1.29, 1.82) is 0 Å². The molecule has 140 valence electrons. The van der Waals surface area contributed by atoms with Crippen LogP contribution in [0.2, 0.25) is 0 Å². The average Bonchev–Trinajstić information content (AvgIpc) is 3.31. The summed E-state index contributed by atoms with van der Waals surface area (Å²) in [5, 5.41) is 8.35. The molecule has 1 N–H and O–H groups in total. The molecular formula is C18H17FN4O3S. The van der Waals surface area contributed by atoms with Gasteiger partial charge >= 0.3 is 0 Å². The van der Waals surface area contributed by atoms with Crippen molar-refractivity contribution in [1.82, 2.24) is 15.0 Å². The van der Waals surface area contributed by atoms with Crippen molar-refractivity contribution in [3.05, 3.63) is 53.5 Å². The Hall–Kier alpha value is -3.07. The van der Waals surface area contributed by atoms with Gasteiger partial charge in [-0.3, -0.25) is 9.59 Å². The number of benzene rings is 1. The number of nitrogens with one attached hydrogen (secondary N) is 1. The average molecular weight is 388 g/mol. The minimum Gasteiger partial charge on any atom is -0.339 e. The molecule has 0 fully saturated rings. The summed E-state index contributed by atoms with van der Waals surface area (Å²) in [5.41, 5.74) is 0.341. The molecule has 0 unspecified atom stereocenters. The molecule has 0 bridgehead atoms. The molecule has 3 rings (SSSR count). The minimum absolute atomic E-state index is 0.135. The number of aromatic nitrogens is 2. The number of nitrogens with zero attached hydrogens (tertiary/aromatic N) is 3. The third kappa shape index (κ3) is 5.20. The molecule has 1 aromatic carbocycles. The Kier molecular flexibility index (Phi) is 5.92. The van der Waals surface area contributed by atoms with E-state index in [1.54, 1.807) is 6.07 Å². The SMILES string of the molecule is CN(CC(=O)Nc1cccc(F)c1)C(=O)CCc1nc(-c2cccs2)no1. The number of hydrogen-bond acceptors (Lipinski definition) is 6. The number of halogens is 1. The van der Waals surface area contributed by atoms with Gasteiger partial charge in [-0.05, 0) is 29.6 Å². The van der Waals surface area contributed by atoms with Gasteiger partial charge in [-0.2, -0.15) is 4.98 Å². The van der Waals surface area contributed by atoms with E-state index in [4.69, 9.17) is 4.52 Å². The van der Waals surface area contributed by atoms with Crippen LogP contribution in [0, 0.1) is 5.82 Å². The second-order valence-corrected chi connectivity index (χ2v) is 6.75. The Labute approximate surface area is 158 Å². The first-order valence-corrected chi connectivity index (χ1v) is 9.05. The Morgan fingerprint density at radius 1 is 1.30 bits per heavy atom. The Balaban J connectivity index is 1.47. The lowest BCUT2D eigenvalue weighted by Crippen LogP contribution is -2.35. The molecular weight excluding hydrogens is 371 g/mol. The molecule has 2 heterocycles. The molecule has 0 spiro atoms. The summed E-state index contributed by atoms with van der Waals surface area (Å²) in [5.74, 6) is -0.229. The molecule has 0 aliphatic heterocycles. The van der Waals surface area contributed by atoms with Gasteiger partial charge in [0.15, 0.2) is 0 Å². The number of amides is 2. The Morgan fingerprint density at radius 3 is 2.89 bits per heavy atom. The lowest BCUT2D eigenvalue weighted by Gasteiger charge is -2.16. The van der Waals surface area contributed by atoms with Gasteiger partial charge in [0.2, 0.25) is 23.5 Å². The van der Waals surface area contributed by atoms with E-state index in [0.29, 0.717) is 17.4 Å². The molecule has 0 saturated heterocycles. The standard InChI is InChI=1S/C18H17FN4O3S/c1-23(11-15(24)20-13-5-2-4-12(19)10-13)17(25)8-7-16-21-18(22-26-16)14-6-3-9-27-14/h2-6,9-10H,7-8,11H2,1H3,(H,20,24). The van der Waals surface area contributed by atoms with Gasteiger partial charge < -0.3 is 14.7 Å². The van der Waals surface area contributed by atoms with Crippen LogP contribution in [0.3, 0.4) is 0 Å². The van der Waals surface area contributed by atoms with Crippen molar-refractivity contribution in [2.24, 2.45) is 0 Å². The number of thiophene rings is 1. The van der Waals surface area contributed by atoms with Crippen LogP contribution in [0.5, 0.6) is 0 Å². The number of carbonyl (C=O) groups excluding carboxylic acids is 2. The van der Waals surface area contributed by atoms with Crippen LogP contribution in [-0.2, 0) is 16.0 Å². The number of hydrogen-bond donors (Lipinski definition) is 1. The lowest BCUT2D eigenvalue weighted by atomic mass is 10.2. The van der Waals surface area contributed by atoms with E-state index in [0.717, 1.165) is 4.88 Å². The number of anilines is 1. The Bertz CT molecular complexity index is 926. The first kappa shape index (κ1) is 18.7. The molecule has 0 radical (unpaired) electrons. The first-order valence-electron chi connectivity index (χ1n) is 8.17. The third-order valence-corrected chi connectivity index (χ3v) is 4.54. The van der Waals surface area contributed by atoms with Gasteiger partial charge in [-0.1, -0.05) is 17.3 Å². The van der Waals surface area contributed by atoms with Gasteiger partial charge in [0.05, 0.1) is 11.4 Å². The normalized spacial score (nSPS) is 10.6. The highest BCUT2D eigenvalue weighted by molar-refractivity contribution is 7.13. The molecule has 9 heteroatoms. The van der Waals surface area contributed by atoms with Gasteiger partial charge in [-0.15, -0.1) is 11.3 Å². The summed E-state index contributed by atoms with van der Waals surface area (Å²) in [7, 11) is 1.53. The summed E-state index contributed by atoms with van der Waals surface area (Å²) in [6.07, 6.45) is 0.420. The number of carbonyl (C=O) groups is 2. The van der Waals surface area contributed by atoms with Crippen molar-refractivity contribution in [2.45, 2.75) is 12.8 Å². The zero-order chi connectivity index (χ0) is 19.2. The van der Waals surface area contributed by atoms with Crippen molar-refractivity contribution < 1.29 is 18.5 Å². The van der Waals surface area contributed by atoms with Gasteiger partial charge in [-0.25, -0.2) is 4.39 Å². The maximum atomic E-state index is 13.1. The van der Waals surface area contributed by atoms with Crippen LogP contribution >= 0.6 is 11.3 Å². The van der Waals surface area contributed by atoms with Crippen LogP contribution in [0.25, 0.3) is 10.7 Å². The van der Waals surface area contributed by atoms with Crippen molar-refractivity contribution in [3.8, 4) is 10.7 Å². The smallest absolute Gasteiger partial charge is 0.243 e. The second-order valence-electron chi connectivity index (χ2n) is 5.80. The molecule has 0 aliphatic rings. The zero-order valence-electron chi connectivity index (χ0n) is 14.5. The van der Waals surface area contributed by atoms with Crippen molar-refractivity contribution >= 4 is 28.8 Å². The molecule has 2 amide bonds. The Morgan fingerprint density at radius 2 is 2.15 bits per heavy atom. The van der Waals surface area contributed by atoms with Crippen LogP contribution in [0.4, 0.5) is 10.1 Å². The second kappa shape index (κ2) is 8.54. The van der Waals surface area contributed by atoms with Gasteiger partial charge in [0.1, 0.15) is 5.82 Å². The van der Waals surface area contributed by atoms with Crippen LogP contribution in [0.15, 0.2) is 46.3 Å². The van der Waals surface area contributed by atoms with E-state index in [1.807, 2.05) is 17.5 Å². The highest BCUT2D eigenvalue weighted by Crippen LogP contribution is 2.21. The molecule has 0 aliphatic carbocycles. The van der Waals surface area contributed by atoms with E-state index < -0.39 is 11.7 Å². The predicted molar refractivity (Wildman–Crippen MR) is 98.6 cm³/mol. The number of rotatable bonds is 7. The maximum Gasteiger partial charge on any atom is 0.243 e. The van der Waals surface area contributed by atoms with Gasteiger partial charge in [0, 0.05) is 25.6 Å². The van der Waals surface area contributed by atoms with Crippen molar-refractivity contribution in [3.63, 3.8) is 0 Å². The summed E-state index contributed by atoms with van der Waals surface area (Å²) >= 11 is 1.50. The third-order valence-electron chi connectivity index (χ3n) is 3.68. The highest BCUT2D eigenvalue weighted by Gasteiger charge is 2.16. The molecule has 0 atom stereocenters.